The van der Waals surface area contributed by atoms with Gasteiger partial charge in [0, 0.05) is 11.1 Å². The zero-order valence-electron chi connectivity index (χ0n) is 16.9. The lowest BCUT2D eigenvalue weighted by Crippen LogP contribution is -2.11. The van der Waals surface area contributed by atoms with Crippen LogP contribution < -0.4 is 14.2 Å². The van der Waals surface area contributed by atoms with E-state index in [1.807, 2.05) is 6.07 Å². The van der Waals surface area contributed by atoms with Gasteiger partial charge >= 0.3 is 5.97 Å². The van der Waals surface area contributed by atoms with Crippen LogP contribution in [0.3, 0.4) is 0 Å². The smallest absolute Gasteiger partial charge is 0.347 e. The van der Waals surface area contributed by atoms with E-state index in [1.54, 1.807) is 50.4 Å². The monoisotopic (exact) mass is 425 g/mol. The van der Waals surface area contributed by atoms with Crippen LogP contribution in [0.15, 0.2) is 52.1 Å². The van der Waals surface area contributed by atoms with Crippen molar-refractivity contribution in [2.75, 3.05) is 20.5 Å². The van der Waals surface area contributed by atoms with Gasteiger partial charge in [-0.05, 0) is 49.4 Å². The summed E-state index contributed by atoms with van der Waals surface area (Å²) in [6.07, 6.45) is 0. The second-order valence-corrected chi connectivity index (χ2v) is 6.42. The Labute approximate surface area is 177 Å². The summed E-state index contributed by atoms with van der Waals surface area (Å²) in [5.41, 5.74) is 2.11. The molecule has 0 radical (unpaired) electrons. The van der Waals surface area contributed by atoms with Gasteiger partial charge in [-0.2, -0.15) is 4.98 Å². The van der Waals surface area contributed by atoms with Crippen LogP contribution in [0.5, 0.6) is 17.2 Å². The highest BCUT2D eigenvalue weighted by Gasteiger charge is 2.15. The van der Waals surface area contributed by atoms with Crippen LogP contribution >= 0.6 is 0 Å². The van der Waals surface area contributed by atoms with Crippen LogP contribution in [0, 0.1) is 0 Å². The van der Waals surface area contributed by atoms with Gasteiger partial charge in [-0.15, -0.1) is 0 Å². The Hall–Kier alpha value is -4.08. The van der Waals surface area contributed by atoms with Gasteiger partial charge in [-0.3, -0.25) is 0 Å². The molecule has 3 aromatic rings. The standard InChI is InChI=1S/C21H19N3O7/c1-13(15-5-8-17-18(9-15)29-12-28-17)23-30-11-20(25)27-10-19-22-21(24-31-19)14-3-6-16(26-2)7-4-14/h3-9H,10-12H2,1-2H3/b23-13+. The highest BCUT2D eigenvalue weighted by molar-refractivity contribution is 5.99. The second-order valence-electron chi connectivity index (χ2n) is 6.42. The average Bonchev–Trinajstić information content (AvgIpc) is 3.46. The van der Waals surface area contributed by atoms with E-state index in [-0.39, 0.29) is 25.9 Å². The summed E-state index contributed by atoms with van der Waals surface area (Å²) in [5, 5.41) is 7.80. The Morgan fingerprint density at radius 3 is 2.74 bits per heavy atom. The zero-order valence-corrected chi connectivity index (χ0v) is 16.9. The molecule has 0 saturated heterocycles. The number of benzene rings is 2. The number of carbonyl (C=O) groups excluding carboxylic acids is 1. The summed E-state index contributed by atoms with van der Waals surface area (Å²) in [5.74, 6) is 1.97. The first kappa shape index (κ1) is 20.2. The maximum Gasteiger partial charge on any atom is 0.347 e. The molecule has 10 nitrogen and oxygen atoms in total. The minimum Gasteiger partial charge on any atom is -0.497 e. The number of nitrogens with zero attached hydrogens (tertiary/aromatic N) is 3. The topological polar surface area (TPSA) is 115 Å². The molecule has 0 fully saturated rings. The van der Waals surface area contributed by atoms with Crippen molar-refractivity contribution < 1.29 is 33.1 Å². The molecular formula is C21H19N3O7. The Morgan fingerprint density at radius 1 is 1.13 bits per heavy atom. The fourth-order valence-corrected chi connectivity index (χ4v) is 2.71. The van der Waals surface area contributed by atoms with Crippen LogP contribution in [-0.2, 0) is 21.0 Å². The molecule has 0 spiro atoms. The molecule has 0 amide bonds. The van der Waals surface area contributed by atoms with Crippen molar-refractivity contribution in [1.82, 2.24) is 10.1 Å². The molecule has 0 saturated carbocycles. The van der Waals surface area contributed by atoms with Crippen molar-refractivity contribution in [3.05, 3.63) is 53.9 Å². The van der Waals surface area contributed by atoms with Crippen molar-refractivity contribution >= 4 is 11.7 Å². The highest BCUT2D eigenvalue weighted by atomic mass is 16.7. The predicted molar refractivity (Wildman–Crippen MR) is 107 cm³/mol. The number of aromatic nitrogens is 2. The molecule has 0 atom stereocenters. The summed E-state index contributed by atoms with van der Waals surface area (Å²) in [6.45, 7) is 1.42. The molecule has 31 heavy (non-hydrogen) atoms. The van der Waals surface area contributed by atoms with E-state index >= 15 is 0 Å². The lowest BCUT2D eigenvalue weighted by Gasteiger charge is -2.04. The molecule has 1 aliphatic heterocycles. The van der Waals surface area contributed by atoms with Gasteiger partial charge in [0.15, 0.2) is 18.1 Å². The van der Waals surface area contributed by atoms with Gasteiger partial charge in [0.25, 0.3) is 5.89 Å². The third kappa shape index (κ3) is 4.92. The van der Waals surface area contributed by atoms with E-state index in [0.717, 1.165) is 16.9 Å². The molecule has 160 valence electrons. The van der Waals surface area contributed by atoms with E-state index in [0.29, 0.717) is 23.0 Å². The van der Waals surface area contributed by atoms with Crippen molar-refractivity contribution in [3.8, 4) is 28.6 Å². The van der Waals surface area contributed by atoms with E-state index in [9.17, 15) is 4.79 Å². The third-order valence-electron chi connectivity index (χ3n) is 4.35. The number of fused-ring (bicyclic) bond motifs is 1. The molecule has 0 bridgehead atoms. The molecule has 0 N–H and O–H groups in total. The van der Waals surface area contributed by atoms with E-state index < -0.39 is 5.97 Å². The maximum absolute atomic E-state index is 11.9. The Morgan fingerprint density at radius 2 is 1.94 bits per heavy atom. The number of hydrogen-bond acceptors (Lipinski definition) is 10. The van der Waals surface area contributed by atoms with Gasteiger partial charge in [-0.25, -0.2) is 4.79 Å². The quantitative estimate of drug-likeness (QED) is 0.305. The summed E-state index contributed by atoms with van der Waals surface area (Å²) >= 11 is 0. The number of ether oxygens (including phenoxy) is 4. The van der Waals surface area contributed by atoms with Crippen LogP contribution in [0.25, 0.3) is 11.4 Å². The first-order valence-electron chi connectivity index (χ1n) is 9.31. The minimum absolute atomic E-state index is 0.166. The predicted octanol–water partition coefficient (Wildman–Crippen LogP) is 2.96. The largest absolute Gasteiger partial charge is 0.497 e. The molecule has 4 rings (SSSR count). The van der Waals surface area contributed by atoms with Gasteiger partial charge in [0.2, 0.25) is 19.2 Å². The van der Waals surface area contributed by atoms with Crippen LogP contribution in [0.4, 0.5) is 0 Å². The first-order valence-corrected chi connectivity index (χ1v) is 9.31. The fraction of sp³-hybridized carbons (Fsp3) is 0.238. The molecule has 0 aliphatic carbocycles. The van der Waals surface area contributed by atoms with Crippen molar-refractivity contribution in [1.29, 1.82) is 0 Å². The van der Waals surface area contributed by atoms with Gasteiger partial charge < -0.3 is 28.3 Å². The Bertz CT molecular complexity index is 1090. The SMILES string of the molecule is COc1ccc(-c2noc(COC(=O)CO/N=C(\C)c3ccc4c(c3)OCO4)n2)cc1. The summed E-state index contributed by atoms with van der Waals surface area (Å²) in [6, 6.07) is 12.6. The molecule has 2 heterocycles. The average molecular weight is 425 g/mol. The number of esters is 1. The van der Waals surface area contributed by atoms with Gasteiger partial charge in [0.1, 0.15) is 5.75 Å². The first-order chi connectivity index (χ1) is 15.1. The number of methoxy groups -OCH3 is 1. The fourth-order valence-electron chi connectivity index (χ4n) is 2.71. The number of rotatable bonds is 8. The summed E-state index contributed by atoms with van der Waals surface area (Å²) in [7, 11) is 1.59. The van der Waals surface area contributed by atoms with E-state index in [4.69, 9.17) is 28.3 Å². The second kappa shape index (κ2) is 9.16. The van der Waals surface area contributed by atoms with E-state index in [1.165, 1.54) is 0 Å². The van der Waals surface area contributed by atoms with Crippen molar-refractivity contribution in [3.63, 3.8) is 0 Å². The van der Waals surface area contributed by atoms with Crippen molar-refractivity contribution in [2.45, 2.75) is 13.5 Å². The molecule has 2 aromatic carbocycles. The number of hydrogen-bond donors (Lipinski definition) is 0. The zero-order chi connectivity index (χ0) is 21.6. The maximum atomic E-state index is 11.9. The van der Waals surface area contributed by atoms with Crippen molar-refractivity contribution in [2.24, 2.45) is 5.16 Å². The van der Waals surface area contributed by atoms with Crippen LogP contribution in [0.2, 0.25) is 0 Å². The minimum atomic E-state index is -0.619. The molecule has 0 unspecified atom stereocenters. The molecular weight excluding hydrogens is 406 g/mol. The Kier molecular flexibility index (Phi) is 5.97. The van der Waals surface area contributed by atoms with Crippen LogP contribution in [0.1, 0.15) is 18.4 Å². The van der Waals surface area contributed by atoms with E-state index in [2.05, 4.69) is 15.3 Å². The lowest BCUT2D eigenvalue weighted by molar-refractivity contribution is -0.151. The lowest BCUT2D eigenvalue weighted by atomic mass is 10.1. The molecule has 10 heteroatoms. The highest BCUT2D eigenvalue weighted by Crippen LogP contribution is 2.32. The normalized spacial score (nSPS) is 12.5. The van der Waals surface area contributed by atoms with Crippen LogP contribution in [-0.4, -0.2) is 42.3 Å². The van der Waals surface area contributed by atoms with Gasteiger partial charge in [-0.1, -0.05) is 10.3 Å². The Balaban J connectivity index is 1.25. The summed E-state index contributed by atoms with van der Waals surface area (Å²) < 4.78 is 25.9. The molecule has 1 aromatic heterocycles. The van der Waals surface area contributed by atoms with Gasteiger partial charge in [0.05, 0.1) is 12.8 Å². The number of oxime groups is 1. The number of carbonyl (C=O) groups is 1. The summed E-state index contributed by atoms with van der Waals surface area (Å²) in [4.78, 5) is 21.2. The third-order valence-corrected chi connectivity index (χ3v) is 4.35. The molecule has 1 aliphatic rings.